The molecule has 170 valence electrons. The minimum Gasteiger partial charge on any atom is -0.493 e. The number of thiocarbonyl (C=S) groups is 1. The van der Waals surface area contributed by atoms with Gasteiger partial charge in [-0.3, -0.25) is 0 Å². The molecule has 10 heteroatoms. The fourth-order valence-electron chi connectivity index (χ4n) is 3.16. The summed E-state index contributed by atoms with van der Waals surface area (Å²) in [6, 6.07) is 7.58. The molecule has 0 aliphatic heterocycles. The molecule has 2 aromatic heterocycles. The second-order valence-corrected chi connectivity index (χ2v) is 7.35. The lowest BCUT2D eigenvalue weighted by Gasteiger charge is -2.17. The average Bonchev–Trinajstić information content (AvgIpc) is 2.81. The van der Waals surface area contributed by atoms with Crippen LogP contribution in [0.3, 0.4) is 0 Å². The zero-order chi connectivity index (χ0) is 23.1. The highest BCUT2D eigenvalue weighted by atomic mass is 32.1. The number of methoxy groups -OCH3 is 3. The fourth-order valence-corrected chi connectivity index (χ4v) is 3.43. The summed E-state index contributed by atoms with van der Waals surface area (Å²) < 4.78 is 16.2. The van der Waals surface area contributed by atoms with Crippen molar-refractivity contribution < 1.29 is 14.2 Å². The van der Waals surface area contributed by atoms with E-state index in [0.29, 0.717) is 56.9 Å². The van der Waals surface area contributed by atoms with Crippen molar-refractivity contribution in [2.24, 2.45) is 0 Å². The SMILES string of the molecule is CCC(CC)NC(=S)Nc1ccc2ncc(Nc3cc(OC)c(OC)c(OC)c3)nc2n1. The lowest BCUT2D eigenvalue weighted by molar-refractivity contribution is 0.324. The molecule has 0 amide bonds. The first kappa shape index (κ1) is 23.3. The number of ether oxygens (including phenoxy) is 3. The molecule has 0 aliphatic rings. The van der Waals surface area contributed by atoms with Crippen LogP contribution in [-0.4, -0.2) is 47.4 Å². The first-order valence-corrected chi connectivity index (χ1v) is 10.7. The van der Waals surface area contributed by atoms with Crippen LogP contribution in [0.5, 0.6) is 17.2 Å². The summed E-state index contributed by atoms with van der Waals surface area (Å²) in [6.45, 7) is 4.24. The Morgan fingerprint density at radius 3 is 2.22 bits per heavy atom. The zero-order valence-electron chi connectivity index (χ0n) is 18.9. The predicted molar refractivity (Wildman–Crippen MR) is 130 cm³/mol. The molecule has 0 spiro atoms. The number of rotatable bonds is 9. The summed E-state index contributed by atoms with van der Waals surface area (Å²) in [5.74, 6) is 2.70. The number of anilines is 3. The van der Waals surface area contributed by atoms with E-state index in [4.69, 9.17) is 26.4 Å². The maximum atomic E-state index is 5.40. The van der Waals surface area contributed by atoms with E-state index in [1.54, 1.807) is 39.7 Å². The molecule has 32 heavy (non-hydrogen) atoms. The second kappa shape index (κ2) is 10.8. The Morgan fingerprint density at radius 2 is 1.62 bits per heavy atom. The van der Waals surface area contributed by atoms with Crippen molar-refractivity contribution >= 4 is 45.8 Å². The molecule has 0 fully saturated rings. The first-order chi connectivity index (χ1) is 15.5. The van der Waals surface area contributed by atoms with E-state index in [1.165, 1.54) is 0 Å². The topological polar surface area (TPSA) is 102 Å². The Balaban J connectivity index is 1.82. The van der Waals surface area contributed by atoms with Crippen LogP contribution in [0.2, 0.25) is 0 Å². The second-order valence-electron chi connectivity index (χ2n) is 6.95. The Labute approximate surface area is 192 Å². The van der Waals surface area contributed by atoms with Gasteiger partial charge in [0.25, 0.3) is 0 Å². The zero-order valence-corrected chi connectivity index (χ0v) is 19.7. The van der Waals surface area contributed by atoms with Crippen LogP contribution in [0.4, 0.5) is 17.3 Å². The molecule has 3 rings (SSSR count). The summed E-state index contributed by atoms with van der Waals surface area (Å²) in [5.41, 5.74) is 1.86. The summed E-state index contributed by atoms with van der Waals surface area (Å²) in [4.78, 5) is 13.6. The van der Waals surface area contributed by atoms with Gasteiger partial charge in [0.15, 0.2) is 28.1 Å². The number of fused-ring (bicyclic) bond motifs is 1. The number of aromatic nitrogens is 3. The lowest BCUT2D eigenvalue weighted by atomic mass is 10.2. The van der Waals surface area contributed by atoms with Gasteiger partial charge >= 0.3 is 0 Å². The van der Waals surface area contributed by atoms with Crippen molar-refractivity contribution in [2.75, 3.05) is 32.0 Å². The van der Waals surface area contributed by atoms with Crippen molar-refractivity contribution in [2.45, 2.75) is 32.7 Å². The standard InChI is InChI=1S/C22H28N6O3S/c1-6-13(7-2)25-22(32)28-18-9-8-15-21(26-18)27-19(12-23-15)24-14-10-16(29-3)20(31-5)17(11-14)30-4/h8-13H,6-7H2,1-5H3,(H3,24,25,26,27,28,32). The Morgan fingerprint density at radius 1 is 0.969 bits per heavy atom. The van der Waals surface area contributed by atoms with Crippen molar-refractivity contribution in [3.05, 3.63) is 30.5 Å². The van der Waals surface area contributed by atoms with Crippen LogP contribution in [0.1, 0.15) is 26.7 Å². The van der Waals surface area contributed by atoms with Gasteiger partial charge in [-0.25, -0.2) is 15.0 Å². The van der Waals surface area contributed by atoms with Gasteiger partial charge in [0, 0.05) is 23.9 Å². The molecule has 2 heterocycles. The minimum absolute atomic E-state index is 0.324. The average molecular weight is 457 g/mol. The van der Waals surface area contributed by atoms with Gasteiger partial charge in [0.1, 0.15) is 11.3 Å². The van der Waals surface area contributed by atoms with Gasteiger partial charge < -0.3 is 30.2 Å². The maximum absolute atomic E-state index is 5.40. The van der Waals surface area contributed by atoms with Gasteiger partial charge in [-0.1, -0.05) is 13.8 Å². The maximum Gasteiger partial charge on any atom is 0.203 e. The number of nitrogens with zero attached hydrogens (tertiary/aromatic N) is 3. The molecule has 0 bridgehead atoms. The molecule has 0 saturated heterocycles. The Kier molecular flexibility index (Phi) is 7.82. The molecule has 1 aromatic carbocycles. The van der Waals surface area contributed by atoms with Crippen LogP contribution in [0.25, 0.3) is 11.2 Å². The number of hydrogen-bond acceptors (Lipinski definition) is 8. The van der Waals surface area contributed by atoms with Gasteiger partial charge in [0.05, 0.1) is 27.5 Å². The van der Waals surface area contributed by atoms with Gasteiger partial charge in [-0.15, -0.1) is 0 Å². The smallest absolute Gasteiger partial charge is 0.203 e. The molecule has 9 nitrogen and oxygen atoms in total. The van der Waals surface area contributed by atoms with E-state index in [-0.39, 0.29) is 0 Å². The summed E-state index contributed by atoms with van der Waals surface area (Å²) in [5, 5.41) is 10.1. The van der Waals surface area contributed by atoms with E-state index < -0.39 is 0 Å². The van der Waals surface area contributed by atoms with Crippen LogP contribution in [0.15, 0.2) is 30.5 Å². The lowest BCUT2D eigenvalue weighted by Crippen LogP contribution is -2.37. The van der Waals surface area contributed by atoms with Gasteiger partial charge in [-0.2, -0.15) is 0 Å². The fraction of sp³-hybridized carbons (Fsp3) is 0.364. The highest BCUT2D eigenvalue weighted by Crippen LogP contribution is 2.40. The number of benzene rings is 1. The molecule has 3 aromatic rings. The van der Waals surface area contributed by atoms with Crippen LogP contribution >= 0.6 is 12.2 Å². The predicted octanol–water partition coefficient (Wildman–Crippen LogP) is 4.27. The molecule has 0 unspecified atom stereocenters. The number of pyridine rings is 1. The first-order valence-electron chi connectivity index (χ1n) is 10.3. The Hall–Kier alpha value is -3.40. The van der Waals surface area contributed by atoms with Gasteiger partial charge in [0.2, 0.25) is 5.75 Å². The van der Waals surface area contributed by atoms with Crippen LogP contribution in [-0.2, 0) is 0 Å². The largest absolute Gasteiger partial charge is 0.493 e. The van der Waals surface area contributed by atoms with Crippen LogP contribution in [0, 0.1) is 0 Å². The van der Waals surface area contributed by atoms with E-state index in [9.17, 15) is 0 Å². The normalized spacial score (nSPS) is 10.7. The monoisotopic (exact) mass is 456 g/mol. The summed E-state index contributed by atoms with van der Waals surface area (Å²) in [7, 11) is 4.70. The molecular formula is C22H28N6O3S. The highest BCUT2D eigenvalue weighted by molar-refractivity contribution is 7.80. The third kappa shape index (κ3) is 5.44. The summed E-state index contributed by atoms with van der Waals surface area (Å²) >= 11 is 5.40. The summed E-state index contributed by atoms with van der Waals surface area (Å²) in [6.07, 6.45) is 3.62. The molecule has 3 N–H and O–H groups in total. The molecule has 0 saturated carbocycles. The van der Waals surface area contributed by atoms with Crippen molar-refractivity contribution in [3.8, 4) is 17.2 Å². The minimum atomic E-state index is 0.324. The Bertz CT molecular complexity index is 1070. The van der Waals surface area contributed by atoms with Crippen molar-refractivity contribution in [1.29, 1.82) is 0 Å². The number of hydrogen-bond donors (Lipinski definition) is 3. The molecular weight excluding hydrogens is 428 g/mol. The van der Waals surface area contributed by atoms with E-state index in [0.717, 1.165) is 12.8 Å². The third-order valence-electron chi connectivity index (χ3n) is 4.91. The van der Waals surface area contributed by atoms with Gasteiger partial charge in [-0.05, 0) is 37.2 Å². The molecule has 0 atom stereocenters. The number of nitrogens with one attached hydrogen (secondary N) is 3. The quantitative estimate of drug-likeness (QED) is 0.405. The van der Waals surface area contributed by atoms with Crippen molar-refractivity contribution in [3.63, 3.8) is 0 Å². The third-order valence-corrected chi connectivity index (χ3v) is 5.13. The molecule has 0 radical (unpaired) electrons. The van der Waals surface area contributed by atoms with Crippen molar-refractivity contribution in [1.82, 2.24) is 20.3 Å². The highest BCUT2D eigenvalue weighted by Gasteiger charge is 2.14. The molecule has 0 aliphatic carbocycles. The van der Waals surface area contributed by atoms with E-state index in [2.05, 4.69) is 44.7 Å². The van der Waals surface area contributed by atoms with E-state index >= 15 is 0 Å². The van der Waals surface area contributed by atoms with E-state index in [1.807, 2.05) is 12.1 Å². The van der Waals surface area contributed by atoms with Crippen LogP contribution < -0.4 is 30.2 Å².